The first-order valence-corrected chi connectivity index (χ1v) is 12.2. The van der Waals surface area contributed by atoms with Crippen molar-refractivity contribution in [1.82, 2.24) is 25.1 Å². The number of halogens is 2. The van der Waals surface area contributed by atoms with Crippen LogP contribution >= 0.6 is 0 Å². The Hall–Kier alpha value is -3.69. The molecule has 0 saturated heterocycles. The van der Waals surface area contributed by atoms with Gasteiger partial charge in [0, 0.05) is 18.0 Å². The van der Waals surface area contributed by atoms with Gasteiger partial charge in [0.1, 0.15) is 17.7 Å². The van der Waals surface area contributed by atoms with Crippen molar-refractivity contribution < 1.29 is 19.0 Å². The first kappa shape index (κ1) is 23.7. The van der Waals surface area contributed by atoms with Crippen LogP contribution in [-0.4, -0.2) is 42.0 Å². The molecule has 37 heavy (non-hydrogen) atoms. The Balaban J connectivity index is 1.45. The number of nitrogens with zero attached hydrogens (tertiary/aromatic N) is 5. The normalized spacial score (nSPS) is 22.2. The smallest absolute Gasteiger partial charge is 0.159 e. The van der Waals surface area contributed by atoms with E-state index in [4.69, 9.17) is 10.1 Å². The maximum atomic E-state index is 14.5. The fraction of sp³-hybridized carbons (Fsp3) is 0.321. The molecule has 2 bridgehead atoms. The van der Waals surface area contributed by atoms with Crippen molar-refractivity contribution in [1.29, 1.82) is 0 Å². The highest BCUT2D eigenvalue weighted by Gasteiger charge is 2.65. The first-order chi connectivity index (χ1) is 17.8. The third kappa shape index (κ3) is 3.34. The lowest BCUT2D eigenvalue weighted by Gasteiger charge is -2.37. The van der Waals surface area contributed by atoms with Crippen molar-refractivity contribution in [3.05, 3.63) is 89.3 Å². The molecule has 0 aliphatic heterocycles. The average Bonchev–Trinajstić information content (AvgIpc) is 3.29. The van der Waals surface area contributed by atoms with Gasteiger partial charge in [-0.05, 0) is 60.1 Å². The van der Waals surface area contributed by atoms with E-state index in [-0.39, 0.29) is 28.4 Å². The minimum absolute atomic E-state index is 0.139. The zero-order valence-electron chi connectivity index (χ0n) is 20.4. The number of aliphatic hydroxyl groups is 2. The summed E-state index contributed by atoms with van der Waals surface area (Å²) >= 11 is 0. The van der Waals surface area contributed by atoms with E-state index < -0.39 is 29.8 Å². The Labute approximate surface area is 212 Å². The number of hydrogen-bond donors (Lipinski definition) is 2. The van der Waals surface area contributed by atoms with Crippen molar-refractivity contribution >= 4 is 0 Å². The molecule has 9 heteroatoms. The summed E-state index contributed by atoms with van der Waals surface area (Å²) in [6, 6.07) is 11.4. The fourth-order valence-electron chi connectivity index (χ4n) is 6.31. The van der Waals surface area contributed by atoms with Gasteiger partial charge < -0.3 is 10.2 Å². The van der Waals surface area contributed by atoms with E-state index in [0.29, 0.717) is 11.3 Å². The van der Waals surface area contributed by atoms with Crippen LogP contribution in [0.3, 0.4) is 0 Å². The van der Waals surface area contributed by atoms with E-state index in [9.17, 15) is 13.9 Å². The van der Waals surface area contributed by atoms with Gasteiger partial charge in [0.15, 0.2) is 5.82 Å². The molecule has 0 radical (unpaired) electrons. The fourth-order valence-corrected chi connectivity index (χ4v) is 6.31. The van der Waals surface area contributed by atoms with Crippen LogP contribution in [0.15, 0.2) is 54.9 Å². The number of pyridine rings is 1. The predicted octanol–water partition coefficient (Wildman–Crippen LogP) is 4.50. The molecule has 7 nitrogen and oxygen atoms in total. The molecule has 3 atom stereocenters. The average molecular weight is 502 g/mol. The molecule has 3 aromatic heterocycles. The molecule has 4 aromatic rings. The summed E-state index contributed by atoms with van der Waals surface area (Å²) in [4.78, 5) is 13.4. The number of fused-ring (bicyclic) bond motifs is 5. The van der Waals surface area contributed by atoms with Crippen LogP contribution in [0.2, 0.25) is 0 Å². The summed E-state index contributed by atoms with van der Waals surface area (Å²) in [6.07, 6.45) is 3.73. The van der Waals surface area contributed by atoms with Crippen molar-refractivity contribution in [2.24, 2.45) is 5.41 Å². The SMILES string of the molecule is CC1(C)[C@H]2CC[C@]1(c1cccc(-c3cnc([C@@H](O)CO)nc3)n1)c1nnc(-c3c(F)cccc3F)cc12. The van der Waals surface area contributed by atoms with Crippen LogP contribution in [0.1, 0.15) is 61.5 Å². The van der Waals surface area contributed by atoms with E-state index in [2.05, 4.69) is 34.0 Å². The zero-order chi connectivity index (χ0) is 25.9. The van der Waals surface area contributed by atoms with E-state index in [1.165, 1.54) is 18.2 Å². The van der Waals surface area contributed by atoms with Crippen LogP contribution in [-0.2, 0) is 5.41 Å². The molecule has 2 aliphatic rings. The highest BCUT2D eigenvalue weighted by molar-refractivity contribution is 5.65. The Morgan fingerprint density at radius 3 is 2.41 bits per heavy atom. The second kappa shape index (κ2) is 8.43. The maximum Gasteiger partial charge on any atom is 0.159 e. The monoisotopic (exact) mass is 501 g/mol. The molecule has 6 rings (SSSR count). The van der Waals surface area contributed by atoms with Gasteiger partial charge in [-0.1, -0.05) is 26.0 Å². The second-order valence-electron chi connectivity index (χ2n) is 10.3. The minimum Gasteiger partial charge on any atom is -0.393 e. The van der Waals surface area contributed by atoms with E-state index in [1.807, 2.05) is 18.2 Å². The molecular formula is C28H25F2N5O2. The summed E-state index contributed by atoms with van der Waals surface area (Å²) in [5, 5.41) is 27.8. The quantitative estimate of drug-likeness (QED) is 0.415. The summed E-state index contributed by atoms with van der Waals surface area (Å²) in [5.41, 5.74) is 3.20. The van der Waals surface area contributed by atoms with Gasteiger partial charge in [-0.15, -0.1) is 5.10 Å². The van der Waals surface area contributed by atoms with Crippen LogP contribution in [0, 0.1) is 17.0 Å². The highest BCUT2D eigenvalue weighted by Crippen LogP contribution is 2.69. The molecule has 0 unspecified atom stereocenters. The van der Waals surface area contributed by atoms with Crippen molar-refractivity contribution in [3.8, 4) is 22.5 Å². The van der Waals surface area contributed by atoms with E-state index >= 15 is 0 Å². The largest absolute Gasteiger partial charge is 0.393 e. The standard InChI is InChI=1S/C28H25F2N5O2/c1-27(2)17-9-10-28(27,25-16(17)11-21(34-35-25)24-18(29)5-3-6-19(24)30)23-8-4-7-20(33-23)15-12-31-26(32-13-15)22(37)14-36/h3-8,11-13,17,22,36-37H,9-10,14H2,1-2H3/t17-,22-,28-/m0/s1. The molecule has 1 fully saturated rings. The number of aromatic nitrogens is 5. The van der Waals surface area contributed by atoms with Gasteiger partial charge in [0.2, 0.25) is 0 Å². The van der Waals surface area contributed by atoms with Crippen molar-refractivity contribution in [3.63, 3.8) is 0 Å². The lowest BCUT2D eigenvalue weighted by atomic mass is 9.66. The molecule has 0 spiro atoms. The Morgan fingerprint density at radius 2 is 1.70 bits per heavy atom. The summed E-state index contributed by atoms with van der Waals surface area (Å²) in [6.45, 7) is 3.92. The lowest BCUT2D eigenvalue weighted by molar-refractivity contribution is 0.0886. The predicted molar refractivity (Wildman–Crippen MR) is 131 cm³/mol. The van der Waals surface area contributed by atoms with Gasteiger partial charge in [-0.3, -0.25) is 4.98 Å². The topological polar surface area (TPSA) is 105 Å². The lowest BCUT2D eigenvalue weighted by Crippen LogP contribution is -2.37. The highest BCUT2D eigenvalue weighted by atomic mass is 19.1. The van der Waals surface area contributed by atoms with E-state index in [0.717, 1.165) is 29.8 Å². The molecule has 3 heterocycles. The Bertz CT molecular complexity index is 1490. The zero-order valence-corrected chi connectivity index (χ0v) is 20.4. The molecule has 2 N–H and O–H groups in total. The van der Waals surface area contributed by atoms with Crippen LogP contribution < -0.4 is 0 Å². The third-order valence-corrected chi connectivity index (χ3v) is 8.23. The molecule has 1 aromatic carbocycles. The summed E-state index contributed by atoms with van der Waals surface area (Å²) in [7, 11) is 0. The number of benzene rings is 1. The van der Waals surface area contributed by atoms with Gasteiger partial charge in [-0.25, -0.2) is 18.7 Å². The number of rotatable bonds is 5. The summed E-state index contributed by atoms with van der Waals surface area (Å²) in [5.74, 6) is -1.05. The van der Waals surface area contributed by atoms with Crippen LogP contribution in [0.25, 0.3) is 22.5 Å². The first-order valence-electron chi connectivity index (χ1n) is 12.2. The summed E-state index contributed by atoms with van der Waals surface area (Å²) < 4.78 is 29.0. The van der Waals surface area contributed by atoms with Gasteiger partial charge in [0.05, 0.1) is 40.4 Å². The third-order valence-electron chi connectivity index (χ3n) is 8.23. The maximum absolute atomic E-state index is 14.5. The van der Waals surface area contributed by atoms with Crippen LogP contribution in [0.5, 0.6) is 0 Å². The number of aliphatic hydroxyl groups excluding tert-OH is 2. The van der Waals surface area contributed by atoms with Crippen molar-refractivity contribution in [2.45, 2.75) is 44.1 Å². The molecule has 2 aliphatic carbocycles. The van der Waals surface area contributed by atoms with E-state index in [1.54, 1.807) is 18.5 Å². The molecule has 188 valence electrons. The Morgan fingerprint density at radius 1 is 1.00 bits per heavy atom. The molecule has 0 amide bonds. The van der Waals surface area contributed by atoms with Gasteiger partial charge >= 0.3 is 0 Å². The Kier molecular flexibility index (Phi) is 5.40. The number of hydrogen-bond acceptors (Lipinski definition) is 7. The minimum atomic E-state index is -1.14. The van der Waals surface area contributed by atoms with Gasteiger partial charge in [-0.2, -0.15) is 5.10 Å². The van der Waals surface area contributed by atoms with Crippen LogP contribution in [0.4, 0.5) is 8.78 Å². The second-order valence-corrected chi connectivity index (χ2v) is 10.3. The molecular weight excluding hydrogens is 476 g/mol. The van der Waals surface area contributed by atoms with Crippen molar-refractivity contribution in [2.75, 3.05) is 6.61 Å². The molecule has 1 saturated carbocycles. The van der Waals surface area contributed by atoms with Gasteiger partial charge in [0.25, 0.3) is 0 Å².